The molecule has 2 aromatic rings. The molecular weight excluding hydrogens is 370 g/mol. The summed E-state index contributed by atoms with van der Waals surface area (Å²) in [6, 6.07) is 13.4. The summed E-state index contributed by atoms with van der Waals surface area (Å²) in [6.45, 7) is 4.38. The van der Waals surface area contributed by atoms with Gasteiger partial charge in [0.2, 0.25) is 5.91 Å². The zero-order valence-electron chi connectivity index (χ0n) is 15.3. The molecule has 0 aromatic heterocycles. The normalized spacial score (nSPS) is 10.7. The molecule has 0 unspecified atom stereocenters. The number of amides is 1. The summed E-state index contributed by atoms with van der Waals surface area (Å²) < 4.78 is 11.1. The molecule has 1 amide bonds. The smallest absolute Gasteiger partial charge is 0.230 e. The minimum Gasteiger partial charge on any atom is -0.493 e. The second-order valence-electron chi connectivity index (χ2n) is 6.01. The molecule has 0 spiro atoms. The molecule has 0 saturated heterocycles. The van der Waals surface area contributed by atoms with Crippen LogP contribution in [0.5, 0.6) is 11.5 Å². The SMILES string of the molecule is COc1cc(CNC(=O)CSCc2ccccc2Cl)ccc1OC(C)C. The molecule has 0 aliphatic rings. The van der Waals surface area contributed by atoms with Crippen LogP contribution in [0.4, 0.5) is 0 Å². The van der Waals surface area contributed by atoms with Crippen LogP contribution in [0, 0.1) is 0 Å². The fourth-order valence-electron chi connectivity index (χ4n) is 2.29. The van der Waals surface area contributed by atoms with Crippen molar-refractivity contribution in [1.82, 2.24) is 5.32 Å². The van der Waals surface area contributed by atoms with Gasteiger partial charge in [-0.1, -0.05) is 35.9 Å². The lowest BCUT2D eigenvalue weighted by Gasteiger charge is -2.14. The van der Waals surface area contributed by atoms with Crippen molar-refractivity contribution in [3.05, 3.63) is 58.6 Å². The van der Waals surface area contributed by atoms with Crippen molar-refractivity contribution in [2.24, 2.45) is 0 Å². The number of halogens is 1. The van der Waals surface area contributed by atoms with Gasteiger partial charge in [0.15, 0.2) is 11.5 Å². The molecule has 0 aliphatic heterocycles. The number of ether oxygens (including phenoxy) is 2. The Morgan fingerprint density at radius 1 is 1.19 bits per heavy atom. The molecule has 0 aliphatic carbocycles. The van der Waals surface area contributed by atoms with Gasteiger partial charge in [0.25, 0.3) is 0 Å². The van der Waals surface area contributed by atoms with Gasteiger partial charge in [0.05, 0.1) is 19.0 Å². The maximum Gasteiger partial charge on any atom is 0.230 e. The predicted molar refractivity (Wildman–Crippen MR) is 108 cm³/mol. The minimum absolute atomic E-state index is 0.0106. The average molecular weight is 394 g/mol. The van der Waals surface area contributed by atoms with Crippen LogP contribution in [-0.4, -0.2) is 24.9 Å². The largest absolute Gasteiger partial charge is 0.493 e. The molecule has 4 nitrogen and oxygen atoms in total. The van der Waals surface area contributed by atoms with Gasteiger partial charge in [0.1, 0.15) is 0 Å². The Morgan fingerprint density at radius 3 is 2.65 bits per heavy atom. The number of nitrogens with one attached hydrogen (secondary N) is 1. The Labute approximate surface area is 164 Å². The second-order valence-corrected chi connectivity index (χ2v) is 7.41. The number of hydrogen-bond donors (Lipinski definition) is 1. The molecule has 2 aromatic carbocycles. The summed E-state index contributed by atoms with van der Waals surface area (Å²) in [7, 11) is 1.61. The second kappa shape index (κ2) is 10.3. The predicted octanol–water partition coefficient (Wildman–Crippen LogP) is 4.69. The van der Waals surface area contributed by atoms with Crippen LogP contribution in [-0.2, 0) is 17.1 Å². The zero-order valence-corrected chi connectivity index (χ0v) is 16.8. The highest BCUT2D eigenvalue weighted by Gasteiger charge is 2.09. The Balaban J connectivity index is 1.80. The molecule has 0 radical (unpaired) electrons. The highest BCUT2D eigenvalue weighted by molar-refractivity contribution is 7.99. The molecule has 0 fully saturated rings. The van der Waals surface area contributed by atoms with E-state index in [1.165, 1.54) is 11.8 Å². The van der Waals surface area contributed by atoms with Crippen molar-refractivity contribution in [2.45, 2.75) is 32.2 Å². The monoisotopic (exact) mass is 393 g/mol. The van der Waals surface area contributed by atoms with Crippen LogP contribution in [0.3, 0.4) is 0 Å². The van der Waals surface area contributed by atoms with Crippen LogP contribution in [0.2, 0.25) is 5.02 Å². The molecule has 0 bridgehead atoms. The van der Waals surface area contributed by atoms with E-state index < -0.39 is 0 Å². The summed E-state index contributed by atoms with van der Waals surface area (Å²) in [5.74, 6) is 2.45. The maximum atomic E-state index is 12.0. The lowest BCUT2D eigenvalue weighted by atomic mass is 10.2. The molecule has 6 heteroatoms. The highest BCUT2D eigenvalue weighted by atomic mass is 35.5. The van der Waals surface area contributed by atoms with E-state index in [9.17, 15) is 4.79 Å². The van der Waals surface area contributed by atoms with E-state index in [-0.39, 0.29) is 12.0 Å². The molecule has 2 rings (SSSR count). The lowest BCUT2D eigenvalue weighted by molar-refractivity contribution is -0.118. The summed E-state index contributed by atoms with van der Waals surface area (Å²) in [5, 5.41) is 3.65. The first-order valence-corrected chi connectivity index (χ1v) is 9.94. The number of carbonyl (C=O) groups is 1. The minimum atomic E-state index is -0.0106. The third-order valence-electron chi connectivity index (χ3n) is 3.53. The van der Waals surface area contributed by atoms with E-state index in [1.807, 2.05) is 56.3 Å². The Morgan fingerprint density at radius 2 is 1.96 bits per heavy atom. The molecule has 26 heavy (non-hydrogen) atoms. The van der Waals surface area contributed by atoms with Crippen molar-refractivity contribution in [1.29, 1.82) is 0 Å². The van der Waals surface area contributed by atoms with Crippen LogP contribution in [0.1, 0.15) is 25.0 Å². The molecule has 1 N–H and O–H groups in total. The number of methoxy groups -OCH3 is 1. The first kappa shape index (κ1) is 20.5. The van der Waals surface area contributed by atoms with Crippen molar-refractivity contribution >= 4 is 29.3 Å². The third-order valence-corrected chi connectivity index (χ3v) is 4.88. The van der Waals surface area contributed by atoms with Crippen LogP contribution < -0.4 is 14.8 Å². The standard InChI is InChI=1S/C20H24ClNO3S/c1-14(2)25-18-9-8-15(10-19(18)24-3)11-22-20(23)13-26-12-16-6-4-5-7-17(16)21/h4-10,14H,11-13H2,1-3H3,(H,22,23). The van der Waals surface area contributed by atoms with E-state index in [0.29, 0.717) is 29.5 Å². The summed E-state index contributed by atoms with van der Waals surface area (Å²) >= 11 is 7.66. The van der Waals surface area contributed by atoms with Gasteiger partial charge in [-0.05, 0) is 43.2 Å². The highest BCUT2D eigenvalue weighted by Crippen LogP contribution is 2.29. The summed E-state index contributed by atoms with van der Waals surface area (Å²) in [5.41, 5.74) is 2.00. The van der Waals surface area contributed by atoms with Crippen LogP contribution in [0.15, 0.2) is 42.5 Å². The van der Waals surface area contributed by atoms with Gasteiger partial charge in [-0.25, -0.2) is 0 Å². The van der Waals surface area contributed by atoms with Crippen molar-refractivity contribution in [3.63, 3.8) is 0 Å². The van der Waals surface area contributed by atoms with E-state index in [2.05, 4.69) is 5.32 Å². The fourth-order valence-corrected chi connectivity index (χ4v) is 3.44. The van der Waals surface area contributed by atoms with E-state index in [4.69, 9.17) is 21.1 Å². The first-order chi connectivity index (χ1) is 12.5. The van der Waals surface area contributed by atoms with Crippen molar-refractivity contribution in [3.8, 4) is 11.5 Å². The number of thioether (sulfide) groups is 1. The summed E-state index contributed by atoms with van der Waals surface area (Å²) in [6.07, 6.45) is 0.0737. The topological polar surface area (TPSA) is 47.6 Å². The lowest BCUT2D eigenvalue weighted by Crippen LogP contribution is -2.24. The van der Waals surface area contributed by atoms with E-state index in [1.54, 1.807) is 7.11 Å². The first-order valence-electron chi connectivity index (χ1n) is 8.41. The summed E-state index contributed by atoms with van der Waals surface area (Å²) in [4.78, 5) is 12.0. The van der Waals surface area contributed by atoms with Crippen LogP contribution in [0.25, 0.3) is 0 Å². The van der Waals surface area contributed by atoms with E-state index in [0.717, 1.165) is 16.1 Å². The number of rotatable bonds is 9. The van der Waals surface area contributed by atoms with Gasteiger partial charge in [-0.3, -0.25) is 4.79 Å². The Bertz CT molecular complexity index is 737. The molecule has 0 saturated carbocycles. The number of carbonyl (C=O) groups excluding carboxylic acids is 1. The van der Waals surface area contributed by atoms with Gasteiger partial charge in [-0.15, -0.1) is 11.8 Å². The third kappa shape index (κ3) is 6.46. The Kier molecular flexibility index (Phi) is 8.13. The van der Waals surface area contributed by atoms with Crippen LogP contribution >= 0.6 is 23.4 Å². The zero-order chi connectivity index (χ0) is 18.9. The van der Waals surface area contributed by atoms with Crippen molar-refractivity contribution < 1.29 is 14.3 Å². The van der Waals surface area contributed by atoms with Crippen molar-refractivity contribution in [2.75, 3.05) is 12.9 Å². The van der Waals surface area contributed by atoms with Gasteiger partial charge >= 0.3 is 0 Å². The molecule has 140 valence electrons. The quantitative estimate of drug-likeness (QED) is 0.671. The fraction of sp³-hybridized carbons (Fsp3) is 0.350. The van der Waals surface area contributed by atoms with Gasteiger partial charge in [-0.2, -0.15) is 0 Å². The van der Waals surface area contributed by atoms with Gasteiger partial charge < -0.3 is 14.8 Å². The number of benzene rings is 2. The molecular formula is C20H24ClNO3S. The maximum absolute atomic E-state index is 12.0. The average Bonchev–Trinajstić information content (AvgIpc) is 2.62. The Hall–Kier alpha value is -1.85. The van der Waals surface area contributed by atoms with Gasteiger partial charge in [0, 0.05) is 17.3 Å². The van der Waals surface area contributed by atoms with E-state index >= 15 is 0 Å². The number of hydrogen-bond acceptors (Lipinski definition) is 4. The molecule has 0 heterocycles. The molecule has 0 atom stereocenters.